The van der Waals surface area contributed by atoms with Gasteiger partial charge in [0.15, 0.2) is 0 Å². The Labute approximate surface area is 166 Å². The van der Waals surface area contributed by atoms with E-state index in [4.69, 9.17) is 0 Å². The van der Waals surface area contributed by atoms with Crippen molar-refractivity contribution in [2.75, 3.05) is 17.7 Å². The van der Waals surface area contributed by atoms with Crippen LogP contribution in [0, 0.1) is 5.82 Å². The van der Waals surface area contributed by atoms with E-state index in [9.17, 15) is 13.4 Å². The predicted octanol–water partition coefficient (Wildman–Crippen LogP) is 3.39. The van der Waals surface area contributed by atoms with Crippen LogP contribution < -0.4 is 9.62 Å². The number of thiol groups is 1. The second-order valence-corrected chi connectivity index (χ2v) is 9.09. The maximum absolute atomic E-state index is 14.9. The van der Waals surface area contributed by atoms with E-state index in [0.717, 1.165) is 47.1 Å². The number of hydrogen-bond donors (Lipinski definition) is 1. The van der Waals surface area contributed by atoms with Crippen molar-refractivity contribution in [2.24, 2.45) is 0 Å². The highest BCUT2D eigenvalue weighted by molar-refractivity contribution is 7.82. The first-order valence-corrected chi connectivity index (χ1v) is 11.2. The Bertz CT molecular complexity index is 963. The van der Waals surface area contributed by atoms with Gasteiger partial charge in [-0.05, 0) is 67.0 Å². The molecule has 2 atom stereocenters. The van der Waals surface area contributed by atoms with Crippen molar-refractivity contribution in [1.29, 1.82) is 0 Å². The number of carbonyl (C=O) groups is 1. The molecule has 0 saturated carbocycles. The molecule has 0 saturated heterocycles. The molecule has 1 aromatic carbocycles. The second-order valence-electron chi connectivity index (χ2n) is 7.44. The number of fused-ring (bicyclic) bond motifs is 2. The SMILES string of the molecule is CC[SH+](=O)NC1CCCc2c(-c3cc(F)c4c(c3)CCC(=O)N4C)cncc21. The van der Waals surface area contributed by atoms with Crippen molar-refractivity contribution in [3.63, 3.8) is 0 Å². The summed E-state index contributed by atoms with van der Waals surface area (Å²) in [5.41, 5.74) is 5.18. The van der Waals surface area contributed by atoms with Crippen LogP contribution in [0.5, 0.6) is 0 Å². The van der Waals surface area contributed by atoms with Crippen LogP contribution >= 0.6 is 0 Å². The molecule has 1 aliphatic heterocycles. The highest BCUT2D eigenvalue weighted by Gasteiger charge is 2.28. The van der Waals surface area contributed by atoms with Gasteiger partial charge in [0.2, 0.25) is 5.91 Å². The van der Waals surface area contributed by atoms with Crippen LogP contribution in [0.2, 0.25) is 0 Å². The number of nitrogens with zero attached hydrogens (tertiary/aromatic N) is 2. The van der Waals surface area contributed by atoms with E-state index in [0.29, 0.717) is 24.3 Å². The molecule has 0 fully saturated rings. The van der Waals surface area contributed by atoms with Gasteiger partial charge >= 0.3 is 0 Å². The summed E-state index contributed by atoms with van der Waals surface area (Å²) >= 11 is 0. The normalized spacial score (nSPS) is 19.9. The molecule has 28 heavy (non-hydrogen) atoms. The lowest BCUT2D eigenvalue weighted by Gasteiger charge is -2.28. The average molecular weight is 403 g/mol. The standard InChI is InChI=1S/C21H24FN3O2S/c1-3-28(27)24-19-6-4-5-15-16(11-23-12-17(15)19)14-9-13-7-8-20(26)25(2)21(13)18(22)10-14/h9-12,19H,3-8H2,1-2H3,(H,24,27)/p+1. The monoisotopic (exact) mass is 402 g/mol. The van der Waals surface area contributed by atoms with Gasteiger partial charge in [-0.25, -0.2) is 4.39 Å². The van der Waals surface area contributed by atoms with Crippen LogP contribution in [0.15, 0.2) is 24.5 Å². The highest BCUT2D eigenvalue weighted by atomic mass is 32.2. The highest BCUT2D eigenvalue weighted by Crippen LogP contribution is 2.39. The lowest BCUT2D eigenvalue weighted by molar-refractivity contribution is -0.118. The largest absolute Gasteiger partial charge is 0.313 e. The Balaban J connectivity index is 1.77. The molecule has 1 amide bonds. The molecule has 5 nitrogen and oxygen atoms in total. The number of nitrogens with one attached hydrogen (secondary N) is 1. The zero-order valence-corrected chi connectivity index (χ0v) is 17.1. The van der Waals surface area contributed by atoms with Gasteiger partial charge < -0.3 is 4.90 Å². The van der Waals surface area contributed by atoms with E-state index in [2.05, 4.69) is 9.71 Å². The fourth-order valence-corrected chi connectivity index (χ4v) is 5.08. The van der Waals surface area contributed by atoms with Crippen molar-refractivity contribution in [1.82, 2.24) is 9.71 Å². The minimum absolute atomic E-state index is 0.0194. The summed E-state index contributed by atoms with van der Waals surface area (Å²) < 4.78 is 30.2. The van der Waals surface area contributed by atoms with Gasteiger partial charge in [-0.1, -0.05) is 4.21 Å². The summed E-state index contributed by atoms with van der Waals surface area (Å²) in [7, 11) is 0.189. The van der Waals surface area contributed by atoms with E-state index < -0.39 is 11.0 Å². The lowest BCUT2D eigenvalue weighted by Crippen LogP contribution is -2.32. The van der Waals surface area contributed by atoms with E-state index >= 15 is 0 Å². The van der Waals surface area contributed by atoms with Gasteiger partial charge in [0.05, 0.1) is 11.7 Å². The molecule has 1 aromatic heterocycles. The smallest absolute Gasteiger partial charge is 0.227 e. The molecule has 1 N–H and O–H groups in total. The van der Waals surface area contributed by atoms with Crippen molar-refractivity contribution >= 4 is 22.6 Å². The summed E-state index contributed by atoms with van der Waals surface area (Å²) in [6, 6.07) is 3.52. The fourth-order valence-electron chi connectivity index (χ4n) is 4.28. The van der Waals surface area contributed by atoms with Crippen LogP contribution in [0.3, 0.4) is 0 Å². The molecule has 7 heteroatoms. The third-order valence-corrected chi connectivity index (χ3v) is 6.92. The third-order valence-electron chi connectivity index (χ3n) is 5.74. The Morgan fingerprint density at radius 2 is 2.11 bits per heavy atom. The topological polar surface area (TPSA) is 62.3 Å². The maximum atomic E-state index is 14.9. The Hall–Kier alpha value is -2.12. The molecule has 0 radical (unpaired) electrons. The van der Waals surface area contributed by atoms with Crippen molar-refractivity contribution in [2.45, 2.75) is 45.1 Å². The number of amides is 1. The first kappa shape index (κ1) is 19.2. The number of aryl methyl sites for hydroxylation is 1. The van der Waals surface area contributed by atoms with Gasteiger partial charge in [0.1, 0.15) is 22.6 Å². The fraction of sp³-hybridized carbons (Fsp3) is 0.429. The molecule has 0 spiro atoms. The molecule has 2 aliphatic rings. The molecule has 0 bridgehead atoms. The average Bonchev–Trinajstić information content (AvgIpc) is 2.70. The molecule has 2 unspecified atom stereocenters. The van der Waals surface area contributed by atoms with Crippen LogP contribution in [-0.2, 0) is 32.8 Å². The van der Waals surface area contributed by atoms with Gasteiger partial charge in [-0.15, -0.1) is 4.72 Å². The predicted molar refractivity (Wildman–Crippen MR) is 110 cm³/mol. The van der Waals surface area contributed by atoms with Crippen LogP contribution in [0.1, 0.15) is 48.9 Å². The van der Waals surface area contributed by atoms with Crippen LogP contribution in [-0.4, -0.2) is 23.7 Å². The van der Waals surface area contributed by atoms with Crippen molar-refractivity contribution in [3.8, 4) is 11.1 Å². The maximum Gasteiger partial charge on any atom is 0.227 e. The summed E-state index contributed by atoms with van der Waals surface area (Å²) in [5, 5.41) is 0. The Morgan fingerprint density at radius 1 is 1.29 bits per heavy atom. The zero-order chi connectivity index (χ0) is 19.8. The summed E-state index contributed by atoms with van der Waals surface area (Å²) in [5.74, 6) is 0.161. The first-order valence-electron chi connectivity index (χ1n) is 9.76. The summed E-state index contributed by atoms with van der Waals surface area (Å²) in [6.07, 6.45) is 7.38. The van der Waals surface area contributed by atoms with Crippen LogP contribution in [0.4, 0.5) is 10.1 Å². The number of hydrogen-bond acceptors (Lipinski definition) is 3. The molecule has 148 valence electrons. The number of halogens is 1. The number of benzene rings is 1. The number of rotatable bonds is 4. The van der Waals surface area contributed by atoms with E-state index in [-0.39, 0.29) is 17.8 Å². The lowest BCUT2D eigenvalue weighted by atomic mass is 9.84. The number of carbonyl (C=O) groups excluding carboxylic acids is 1. The zero-order valence-electron chi connectivity index (χ0n) is 16.2. The minimum Gasteiger partial charge on any atom is -0.313 e. The van der Waals surface area contributed by atoms with Crippen LogP contribution in [0.25, 0.3) is 11.1 Å². The first-order chi connectivity index (χ1) is 13.5. The Kier molecular flexibility index (Phi) is 5.29. The number of pyridine rings is 1. The molecule has 2 heterocycles. The van der Waals surface area contributed by atoms with Crippen molar-refractivity contribution in [3.05, 3.63) is 47.0 Å². The summed E-state index contributed by atoms with van der Waals surface area (Å²) in [6.45, 7) is 1.90. The van der Waals surface area contributed by atoms with Gasteiger partial charge in [-0.3, -0.25) is 9.78 Å². The molecular formula is C21H25FN3O2S+. The van der Waals surface area contributed by atoms with Gasteiger partial charge in [0, 0.05) is 31.4 Å². The second kappa shape index (κ2) is 7.72. The van der Waals surface area contributed by atoms with E-state index in [1.54, 1.807) is 13.2 Å². The van der Waals surface area contributed by atoms with Crippen molar-refractivity contribution < 1.29 is 13.4 Å². The van der Waals surface area contributed by atoms with Gasteiger partial charge in [0.25, 0.3) is 0 Å². The molecule has 2 aromatic rings. The van der Waals surface area contributed by atoms with E-state index in [1.807, 2.05) is 19.2 Å². The summed E-state index contributed by atoms with van der Waals surface area (Å²) in [4.78, 5) is 17.7. The quantitative estimate of drug-likeness (QED) is 0.630. The molecule has 4 rings (SSSR count). The molecule has 1 aliphatic carbocycles. The minimum atomic E-state index is -1.44. The Morgan fingerprint density at radius 3 is 2.89 bits per heavy atom. The number of anilines is 1. The van der Waals surface area contributed by atoms with E-state index in [1.165, 1.54) is 11.0 Å². The number of aromatic nitrogens is 1. The molecular weight excluding hydrogens is 377 g/mol. The van der Waals surface area contributed by atoms with Gasteiger partial charge in [-0.2, -0.15) is 0 Å². The third kappa shape index (κ3) is 3.37.